The monoisotopic (exact) mass is 319 g/mol. The van der Waals surface area contributed by atoms with E-state index in [0.29, 0.717) is 11.1 Å². The maximum absolute atomic E-state index is 12.2. The third-order valence-corrected chi connectivity index (χ3v) is 3.13. The van der Waals surface area contributed by atoms with Crippen LogP contribution in [0.4, 0.5) is 5.69 Å². The van der Waals surface area contributed by atoms with Gasteiger partial charge < -0.3 is 13.9 Å². The summed E-state index contributed by atoms with van der Waals surface area (Å²) < 4.78 is 14.6. The van der Waals surface area contributed by atoms with E-state index in [1.807, 2.05) is 0 Å². The number of furan rings is 1. The minimum atomic E-state index is -0.855. The van der Waals surface area contributed by atoms with Gasteiger partial charge >= 0.3 is 11.9 Å². The summed E-state index contributed by atoms with van der Waals surface area (Å²) in [5, 5.41) is 11.0. The second kappa shape index (κ2) is 6.73. The first-order chi connectivity index (χ1) is 11.0. The summed E-state index contributed by atoms with van der Waals surface area (Å²) in [6.45, 7) is 1.30. The molecule has 8 heteroatoms. The Hall–Kier alpha value is -3.16. The molecule has 0 aliphatic rings. The largest absolute Gasteiger partial charge is 0.463 e. The fourth-order valence-corrected chi connectivity index (χ4v) is 2.01. The molecular weight excluding hydrogens is 306 g/mol. The van der Waals surface area contributed by atoms with Crippen LogP contribution in [0.1, 0.15) is 32.0 Å². The van der Waals surface area contributed by atoms with Gasteiger partial charge in [0, 0.05) is 11.6 Å². The minimum Gasteiger partial charge on any atom is -0.463 e. The molecule has 2 aromatic rings. The van der Waals surface area contributed by atoms with E-state index < -0.39 is 16.9 Å². The zero-order chi connectivity index (χ0) is 17.0. The topological polar surface area (TPSA) is 109 Å². The number of nitrogens with zero attached hydrogens (tertiary/aromatic N) is 1. The molecule has 0 aliphatic heterocycles. The van der Waals surface area contributed by atoms with Crippen LogP contribution >= 0.6 is 0 Å². The van der Waals surface area contributed by atoms with Crippen molar-refractivity contribution >= 4 is 17.6 Å². The fourth-order valence-electron chi connectivity index (χ4n) is 2.01. The standard InChI is InChI=1S/C15H13NO7/c1-9-4-3-5-11(16(19)20)12(9)14(17)23-8-10-6-7-22-13(10)15(18)21-2/h3-7H,8H2,1-2H3. The Kier molecular flexibility index (Phi) is 4.75. The van der Waals surface area contributed by atoms with E-state index in [0.717, 1.165) is 0 Å². The number of carbonyl (C=O) groups is 2. The second-order valence-corrected chi connectivity index (χ2v) is 4.57. The molecule has 0 saturated carbocycles. The molecule has 0 saturated heterocycles. The first kappa shape index (κ1) is 16.2. The van der Waals surface area contributed by atoms with E-state index >= 15 is 0 Å². The molecule has 1 aromatic heterocycles. The summed E-state index contributed by atoms with van der Waals surface area (Å²) in [6.07, 6.45) is 1.26. The molecule has 23 heavy (non-hydrogen) atoms. The van der Waals surface area contributed by atoms with Gasteiger partial charge in [0.15, 0.2) is 0 Å². The van der Waals surface area contributed by atoms with Gasteiger partial charge in [-0.05, 0) is 18.6 Å². The highest BCUT2D eigenvalue weighted by molar-refractivity contribution is 5.95. The van der Waals surface area contributed by atoms with Gasteiger partial charge in [-0.2, -0.15) is 0 Å². The van der Waals surface area contributed by atoms with Crippen molar-refractivity contribution in [2.24, 2.45) is 0 Å². The maximum Gasteiger partial charge on any atom is 0.374 e. The number of ether oxygens (including phenoxy) is 2. The van der Waals surface area contributed by atoms with Crippen molar-refractivity contribution in [3.05, 3.63) is 63.1 Å². The van der Waals surface area contributed by atoms with Crippen molar-refractivity contribution in [1.82, 2.24) is 0 Å². The highest BCUT2D eigenvalue weighted by atomic mass is 16.6. The molecule has 0 fully saturated rings. The molecular formula is C15H13NO7. The number of rotatable bonds is 5. The van der Waals surface area contributed by atoms with Crippen LogP contribution in [-0.2, 0) is 16.1 Å². The van der Waals surface area contributed by atoms with Gasteiger partial charge in [0.25, 0.3) is 5.69 Å². The number of esters is 2. The maximum atomic E-state index is 12.2. The molecule has 1 aromatic carbocycles. The minimum absolute atomic E-state index is 0.0837. The van der Waals surface area contributed by atoms with Crippen LogP contribution in [0.2, 0.25) is 0 Å². The molecule has 8 nitrogen and oxygen atoms in total. The van der Waals surface area contributed by atoms with Crippen molar-refractivity contribution in [2.45, 2.75) is 13.5 Å². The van der Waals surface area contributed by atoms with Crippen LogP contribution in [0, 0.1) is 17.0 Å². The molecule has 0 unspecified atom stereocenters. The number of methoxy groups -OCH3 is 1. The van der Waals surface area contributed by atoms with Crippen LogP contribution < -0.4 is 0 Å². The number of hydrogen-bond donors (Lipinski definition) is 0. The predicted molar refractivity (Wildman–Crippen MR) is 77.0 cm³/mol. The van der Waals surface area contributed by atoms with Crippen LogP contribution in [-0.4, -0.2) is 24.0 Å². The Morgan fingerprint density at radius 1 is 1.26 bits per heavy atom. The normalized spacial score (nSPS) is 10.2. The summed E-state index contributed by atoms with van der Waals surface area (Å²) in [5.74, 6) is -1.64. The van der Waals surface area contributed by atoms with Gasteiger partial charge in [0.2, 0.25) is 5.76 Å². The Bertz CT molecular complexity index is 763. The number of carbonyl (C=O) groups excluding carboxylic acids is 2. The molecule has 0 N–H and O–H groups in total. The van der Waals surface area contributed by atoms with Crippen molar-refractivity contribution in [3.63, 3.8) is 0 Å². The van der Waals surface area contributed by atoms with Crippen LogP contribution in [0.25, 0.3) is 0 Å². The van der Waals surface area contributed by atoms with Crippen LogP contribution in [0.15, 0.2) is 34.9 Å². The lowest BCUT2D eigenvalue weighted by Gasteiger charge is -2.07. The highest BCUT2D eigenvalue weighted by Crippen LogP contribution is 2.23. The number of nitro benzene ring substituents is 1. The summed E-state index contributed by atoms with van der Waals surface area (Å²) in [6, 6.07) is 5.73. The van der Waals surface area contributed by atoms with E-state index in [9.17, 15) is 19.7 Å². The number of hydrogen-bond acceptors (Lipinski definition) is 7. The van der Waals surface area contributed by atoms with Gasteiger partial charge in [-0.15, -0.1) is 0 Å². The molecule has 0 amide bonds. The lowest BCUT2D eigenvalue weighted by atomic mass is 10.1. The SMILES string of the molecule is COC(=O)c1occc1COC(=O)c1c(C)cccc1[N+](=O)[O-]. The molecule has 1 heterocycles. The summed E-state index contributed by atoms with van der Waals surface area (Å²) in [7, 11) is 1.19. The first-order valence-corrected chi connectivity index (χ1v) is 6.51. The third kappa shape index (κ3) is 3.37. The van der Waals surface area contributed by atoms with Crippen molar-refractivity contribution in [2.75, 3.05) is 7.11 Å². The lowest BCUT2D eigenvalue weighted by Crippen LogP contribution is -2.11. The van der Waals surface area contributed by atoms with Crippen molar-refractivity contribution in [3.8, 4) is 0 Å². The zero-order valence-electron chi connectivity index (χ0n) is 12.4. The van der Waals surface area contributed by atoms with Crippen LogP contribution in [0.5, 0.6) is 0 Å². The molecule has 0 radical (unpaired) electrons. The zero-order valence-corrected chi connectivity index (χ0v) is 12.4. The molecule has 0 atom stereocenters. The molecule has 0 bridgehead atoms. The number of aryl methyl sites for hydroxylation is 1. The Morgan fingerprint density at radius 3 is 2.65 bits per heavy atom. The van der Waals surface area contributed by atoms with E-state index in [2.05, 4.69) is 4.74 Å². The molecule has 0 spiro atoms. The molecule has 0 aliphatic carbocycles. The summed E-state index contributed by atoms with van der Waals surface area (Å²) in [4.78, 5) is 34.0. The van der Waals surface area contributed by atoms with E-state index in [4.69, 9.17) is 9.15 Å². The van der Waals surface area contributed by atoms with Crippen molar-refractivity contribution in [1.29, 1.82) is 0 Å². The smallest absolute Gasteiger partial charge is 0.374 e. The highest BCUT2D eigenvalue weighted by Gasteiger charge is 2.24. The second-order valence-electron chi connectivity index (χ2n) is 4.57. The average Bonchev–Trinajstić information content (AvgIpc) is 3.00. The summed E-state index contributed by atoms with van der Waals surface area (Å²) >= 11 is 0. The fraction of sp³-hybridized carbons (Fsp3) is 0.200. The van der Waals surface area contributed by atoms with E-state index in [-0.39, 0.29) is 23.6 Å². The Morgan fingerprint density at radius 2 is 2.00 bits per heavy atom. The third-order valence-electron chi connectivity index (χ3n) is 3.13. The van der Waals surface area contributed by atoms with E-state index in [1.54, 1.807) is 13.0 Å². The van der Waals surface area contributed by atoms with E-state index in [1.165, 1.54) is 31.6 Å². The van der Waals surface area contributed by atoms with Gasteiger partial charge in [-0.3, -0.25) is 10.1 Å². The predicted octanol–water partition coefficient (Wildman–Crippen LogP) is 2.64. The Balaban J connectivity index is 2.20. The van der Waals surface area contributed by atoms with Gasteiger partial charge in [0.1, 0.15) is 12.2 Å². The molecule has 2 rings (SSSR count). The first-order valence-electron chi connectivity index (χ1n) is 6.51. The molecule has 120 valence electrons. The number of benzene rings is 1. The van der Waals surface area contributed by atoms with Gasteiger partial charge in [-0.1, -0.05) is 12.1 Å². The van der Waals surface area contributed by atoms with Crippen LogP contribution in [0.3, 0.4) is 0 Å². The lowest BCUT2D eigenvalue weighted by molar-refractivity contribution is -0.385. The van der Waals surface area contributed by atoms with Gasteiger partial charge in [0.05, 0.1) is 18.3 Å². The van der Waals surface area contributed by atoms with Gasteiger partial charge in [-0.25, -0.2) is 9.59 Å². The summed E-state index contributed by atoms with van der Waals surface area (Å²) in [5.41, 5.74) is 0.266. The average molecular weight is 319 g/mol. The quantitative estimate of drug-likeness (QED) is 0.473. The Labute approximate surface area is 130 Å². The van der Waals surface area contributed by atoms with Crippen molar-refractivity contribution < 1.29 is 28.4 Å². The number of nitro groups is 1.